The number of likely N-dealkylation sites (tertiary alicyclic amines) is 1. The van der Waals surface area contributed by atoms with Crippen molar-refractivity contribution < 1.29 is 4.79 Å². The summed E-state index contributed by atoms with van der Waals surface area (Å²) in [5.74, 6) is 1.51. The van der Waals surface area contributed by atoms with Gasteiger partial charge in [0.15, 0.2) is 5.13 Å². The van der Waals surface area contributed by atoms with E-state index in [9.17, 15) is 4.79 Å². The van der Waals surface area contributed by atoms with Gasteiger partial charge in [0.05, 0.1) is 0 Å². The molecule has 2 aromatic heterocycles. The zero-order valence-electron chi connectivity index (χ0n) is 15.1. The van der Waals surface area contributed by atoms with E-state index >= 15 is 0 Å². The molecular weight excluding hydrogens is 348 g/mol. The van der Waals surface area contributed by atoms with Gasteiger partial charge in [-0.05, 0) is 24.8 Å². The number of nitrogens with one attached hydrogen (secondary N) is 2. The maximum absolute atomic E-state index is 12.6. The van der Waals surface area contributed by atoms with Crippen LogP contribution < -0.4 is 15.5 Å². The van der Waals surface area contributed by atoms with Gasteiger partial charge in [0.25, 0.3) is 0 Å². The average Bonchev–Trinajstić information content (AvgIpc) is 3.32. The Kier molecular flexibility index (Phi) is 4.67. The molecule has 1 unspecified atom stereocenters. The number of carbonyl (C=O) groups excluding carboxylic acids is 1. The topological polar surface area (TPSA) is 73.4 Å². The van der Waals surface area contributed by atoms with E-state index in [-0.39, 0.29) is 12.1 Å². The molecule has 1 saturated heterocycles. The predicted molar refractivity (Wildman–Crippen MR) is 105 cm³/mol. The molecule has 8 heteroatoms. The second-order valence-electron chi connectivity index (χ2n) is 6.99. The molecule has 0 radical (unpaired) electrons. The van der Waals surface area contributed by atoms with Gasteiger partial charge in [0, 0.05) is 61.7 Å². The normalized spacial score (nSPS) is 21.8. The monoisotopic (exact) mass is 372 g/mol. The fourth-order valence-electron chi connectivity index (χ4n) is 3.89. The van der Waals surface area contributed by atoms with Gasteiger partial charge in [0.2, 0.25) is 0 Å². The summed E-state index contributed by atoms with van der Waals surface area (Å²) in [6, 6.07) is 2.30. The number of likely N-dealkylation sites (N-methyl/N-ethyl adjacent to an activating group) is 1. The van der Waals surface area contributed by atoms with Crippen molar-refractivity contribution in [2.24, 2.45) is 5.92 Å². The van der Waals surface area contributed by atoms with E-state index in [1.807, 2.05) is 16.5 Å². The standard InChI is InChI=1S/C18H24N6OS/c1-12-5-9-24(18(25)22-17-21-8-10-26-17)11-15(12)23(2)14-4-7-20-16-13(14)3-6-19-16/h4,7-8,10,12,15H,3,5-6,9,11H2,1-2H3,(H,19,20)(H,21,22,25)/t12-,15?/m1/s1. The zero-order valence-corrected chi connectivity index (χ0v) is 15.9. The molecule has 7 nitrogen and oxygen atoms in total. The summed E-state index contributed by atoms with van der Waals surface area (Å²) in [4.78, 5) is 25.4. The number of pyridine rings is 1. The Labute approximate surface area is 157 Å². The van der Waals surface area contributed by atoms with Crippen molar-refractivity contribution in [3.05, 3.63) is 29.4 Å². The number of amides is 2. The Balaban J connectivity index is 1.50. The lowest BCUT2D eigenvalue weighted by molar-refractivity contribution is 0.172. The first kappa shape index (κ1) is 17.1. The lowest BCUT2D eigenvalue weighted by atomic mass is 9.92. The molecule has 0 bridgehead atoms. The van der Waals surface area contributed by atoms with E-state index in [1.54, 1.807) is 6.20 Å². The van der Waals surface area contributed by atoms with Gasteiger partial charge in [-0.25, -0.2) is 14.8 Å². The van der Waals surface area contributed by atoms with Crippen molar-refractivity contribution in [3.63, 3.8) is 0 Å². The molecule has 138 valence electrons. The molecule has 2 amide bonds. The van der Waals surface area contributed by atoms with Crippen molar-refractivity contribution in [1.29, 1.82) is 0 Å². The van der Waals surface area contributed by atoms with Crippen LogP contribution in [0.15, 0.2) is 23.8 Å². The average molecular weight is 372 g/mol. The molecule has 2 aliphatic heterocycles. The molecule has 0 aromatic carbocycles. The highest BCUT2D eigenvalue weighted by atomic mass is 32.1. The molecule has 0 aliphatic carbocycles. The van der Waals surface area contributed by atoms with Gasteiger partial charge in [-0.15, -0.1) is 11.3 Å². The number of fused-ring (bicyclic) bond motifs is 1. The second-order valence-corrected chi connectivity index (χ2v) is 7.89. The summed E-state index contributed by atoms with van der Waals surface area (Å²) in [6.07, 6.45) is 5.56. The Morgan fingerprint density at radius 2 is 2.31 bits per heavy atom. The highest BCUT2D eigenvalue weighted by Gasteiger charge is 2.33. The molecule has 26 heavy (non-hydrogen) atoms. The van der Waals surface area contributed by atoms with Crippen LogP contribution >= 0.6 is 11.3 Å². The van der Waals surface area contributed by atoms with Gasteiger partial charge >= 0.3 is 6.03 Å². The van der Waals surface area contributed by atoms with Crippen molar-refractivity contribution in [3.8, 4) is 0 Å². The SMILES string of the molecule is C[C@@H]1CCN(C(=O)Nc2nccs2)CC1N(C)c1ccnc2c1CCN2. The highest BCUT2D eigenvalue weighted by molar-refractivity contribution is 7.13. The largest absolute Gasteiger partial charge is 0.369 e. The minimum absolute atomic E-state index is 0.0631. The van der Waals surface area contributed by atoms with Crippen LogP contribution in [0.3, 0.4) is 0 Å². The number of carbonyl (C=O) groups is 1. The van der Waals surface area contributed by atoms with Crippen LogP contribution in [0.1, 0.15) is 18.9 Å². The van der Waals surface area contributed by atoms with Crippen LogP contribution in [-0.4, -0.2) is 53.6 Å². The number of hydrogen-bond acceptors (Lipinski definition) is 6. The predicted octanol–water partition coefficient (Wildman–Crippen LogP) is 2.88. The minimum atomic E-state index is -0.0631. The first-order valence-electron chi connectivity index (χ1n) is 9.03. The van der Waals surface area contributed by atoms with Crippen molar-refractivity contribution in [1.82, 2.24) is 14.9 Å². The first-order valence-corrected chi connectivity index (χ1v) is 9.91. The van der Waals surface area contributed by atoms with E-state index in [0.717, 1.165) is 31.7 Å². The number of urea groups is 1. The van der Waals surface area contributed by atoms with Crippen LogP contribution in [0.2, 0.25) is 0 Å². The molecule has 0 spiro atoms. The van der Waals surface area contributed by atoms with Crippen LogP contribution in [0, 0.1) is 5.92 Å². The van der Waals surface area contributed by atoms with Crippen molar-refractivity contribution in [2.75, 3.05) is 42.2 Å². The number of aromatic nitrogens is 2. The van der Waals surface area contributed by atoms with Crippen molar-refractivity contribution in [2.45, 2.75) is 25.8 Å². The fraction of sp³-hybridized carbons (Fsp3) is 0.500. The number of anilines is 3. The zero-order chi connectivity index (χ0) is 18.1. The smallest absolute Gasteiger partial charge is 0.323 e. The molecular formula is C18H24N6OS. The maximum atomic E-state index is 12.6. The molecule has 2 N–H and O–H groups in total. The second kappa shape index (κ2) is 7.11. The number of piperidine rings is 1. The number of nitrogens with zero attached hydrogens (tertiary/aromatic N) is 4. The van der Waals surface area contributed by atoms with Crippen LogP contribution in [0.25, 0.3) is 0 Å². The molecule has 4 heterocycles. The summed E-state index contributed by atoms with van der Waals surface area (Å²) >= 11 is 1.44. The summed E-state index contributed by atoms with van der Waals surface area (Å²) in [6.45, 7) is 4.70. The van der Waals surface area contributed by atoms with Crippen LogP contribution in [0.5, 0.6) is 0 Å². The molecule has 2 aliphatic rings. The summed E-state index contributed by atoms with van der Waals surface area (Å²) < 4.78 is 0. The maximum Gasteiger partial charge on any atom is 0.323 e. The van der Waals surface area contributed by atoms with Gasteiger partial charge < -0.3 is 15.1 Å². The Hall–Kier alpha value is -2.35. The van der Waals surface area contributed by atoms with Gasteiger partial charge in [0.1, 0.15) is 5.82 Å². The molecule has 4 rings (SSSR count). The van der Waals surface area contributed by atoms with Crippen molar-refractivity contribution >= 4 is 34.0 Å². The first-order chi connectivity index (χ1) is 12.6. The Bertz CT molecular complexity index is 780. The van der Waals surface area contributed by atoms with E-state index in [0.29, 0.717) is 17.6 Å². The van der Waals surface area contributed by atoms with Crippen LogP contribution in [0.4, 0.5) is 21.4 Å². The molecule has 0 saturated carbocycles. The van der Waals surface area contributed by atoms with Gasteiger partial charge in [-0.2, -0.15) is 0 Å². The highest BCUT2D eigenvalue weighted by Crippen LogP contribution is 2.33. The lowest BCUT2D eigenvalue weighted by Gasteiger charge is -2.42. The third-order valence-electron chi connectivity index (χ3n) is 5.43. The lowest BCUT2D eigenvalue weighted by Crippen LogP contribution is -2.53. The summed E-state index contributed by atoms with van der Waals surface area (Å²) in [5.41, 5.74) is 2.51. The van der Waals surface area contributed by atoms with E-state index in [1.165, 1.54) is 22.6 Å². The number of thiazole rings is 1. The summed E-state index contributed by atoms with van der Waals surface area (Å²) in [7, 11) is 2.14. The molecule has 1 fully saturated rings. The van der Waals surface area contributed by atoms with E-state index < -0.39 is 0 Å². The number of hydrogen-bond donors (Lipinski definition) is 2. The molecule has 2 aromatic rings. The fourth-order valence-corrected chi connectivity index (χ4v) is 4.41. The summed E-state index contributed by atoms with van der Waals surface area (Å²) in [5, 5.41) is 8.76. The quantitative estimate of drug-likeness (QED) is 0.867. The minimum Gasteiger partial charge on any atom is -0.369 e. The Morgan fingerprint density at radius 1 is 1.42 bits per heavy atom. The van der Waals surface area contributed by atoms with E-state index in [2.05, 4.69) is 45.5 Å². The van der Waals surface area contributed by atoms with E-state index in [4.69, 9.17) is 0 Å². The van der Waals surface area contributed by atoms with Gasteiger partial charge in [-0.3, -0.25) is 5.32 Å². The van der Waals surface area contributed by atoms with Crippen LogP contribution in [-0.2, 0) is 6.42 Å². The third-order valence-corrected chi connectivity index (χ3v) is 6.12. The third kappa shape index (κ3) is 3.21. The Morgan fingerprint density at radius 3 is 3.12 bits per heavy atom. The van der Waals surface area contributed by atoms with Gasteiger partial charge in [-0.1, -0.05) is 6.92 Å². The number of rotatable bonds is 3. The molecule has 2 atom stereocenters.